The molecule has 1 heterocycles. The van der Waals surface area contributed by atoms with Gasteiger partial charge in [0, 0.05) is 5.92 Å². The highest BCUT2D eigenvalue weighted by Crippen LogP contribution is 2.32. The first-order chi connectivity index (χ1) is 12.3. The van der Waals surface area contributed by atoms with Crippen LogP contribution in [0.4, 0.5) is 0 Å². The first-order valence-corrected chi connectivity index (χ1v) is 11.1. The number of sulfonamides is 1. The zero-order valence-electron chi connectivity index (χ0n) is 15.4. The Labute approximate surface area is 156 Å². The van der Waals surface area contributed by atoms with Gasteiger partial charge in [-0.3, -0.25) is 4.79 Å². The predicted octanol–water partition coefficient (Wildman–Crippen LogP) is 0.606. The third-order valence-corrected chi connectivity index (χ3v) is 6.91. The van der Waals surface area contributed by atoms with Crippen LogP contribution in [0.2, 0.25) is 0 Å². The van der Waals surface area contributed by atoms with Crippen LogP contribution < -0.4 is 15.4 Å². The molecule has 0 spiro atoms. The van der Waals surface area contributed by atoms with Crippen molar-refractivity contribution in [2.75, 3.05) is 19.6 Å². The Bertz CT molecular complexity index is 733. The summed E-state index contributed by atoms with van der Waals surface area (Å²) in [5.74, 6) is 1.73. The largest absolute Gasteiger partial charge is 0.345 e. The molecule has 3 rings (SSSR count). The van der Waals surface area contributed by atoms with Crippen molar-refractivity contribution in [3.8, 4) is 0 Å². The second-order valence-electron chi connectivity index (χ2n) is 7.88. The first-order valence-electron chi connectivity index (χ1n) is 9.58. The number of amides is 1. The van der Waals surface area contributed by atoms with Crippen LogP contribution >= 0.6 is 0 Å². The van der Waals surface area contributed by atoms with Crippen molar-refractivity contribution in [2.45, 2.75) is 50.0 Å². The Hall–Kier alpha value is -1.44. The Morgan fingerprint density at radius 2 is 1.85 bits per heavy atom. The molecule has 1 aromatic rings. The van der Waals surface area contributed by atoms with Crippen molar-refractivity contribution in [1.29, 1.82) is 0 Å². The van der Waals surface area contributed by atoms with Crippen molar-refractivity contribution in [3.63, 3.8) is 0 Å². The molecule has 2 aliphatic rings. The number of quaternary nitrogens is 1. The van der Waals surface area contributed by atoms with Gasteiger partial charge in [-0.1, -0.05) is 25.0 Å². The summed E-state index contributed by atoms with van der Waals surface area (Å²) >= 11 is 0. The minimum Gasteiger partial charge on any atom is -0.345 e. The second kappa shape index (κ2) is 8.06. The van der Waals surface area contributed by atoms with Gasteiger partial charge in [0.05, 0.1) is 24.0 Å². The maximum Gasteiger partial charge on any atom is 0.275 e. The number of likely N-dealkylation sites (tertiary alicyclic amines) is 1. The highest BCUT2D eigenvalue weighted by molar-refractivity contribution is 7.89. The van der Waals surface area contributed by atoms with E-state index in [0.29, 0.717) is 6.54 Å². The third kappa shape index (κ3) is 4.84. The van der Waals surface area contributed by atoms with Crippen molar-refractivity contribution in [1.82, 2.24) is 5.32 Å². The van der Waals surface area contributed by atoms with Gasteiger partial charge in [0.25, 0.3) is 5.91 Å². The number of primary sulfonamides is 1. The molecule has 2 fully saturated rings. The molecule has 1 saturated carbocycles. The van der Waals surface area contributed by atoms with Gasteiger partial charge in [-0.05, 0) is 49.8 Å². The van der Waals surface area contributed by atoms with E-state index in [1.807, 2.05) is 6.92 Å². The highest BCUT2D eigenvalue weighted by Gasteiger charge is 2.34. The smallest absolute Gasteiger partial charge is 0.275 e. The lowest BCUT2D eigenvalue weighted by Gasteiger charge is -2.38. The Morgan fingerprint density at radius 1 is 1.19 bits per heavy atom. The van der Waals surface area contributed by atoms with Crippen LogP contribution in [0.3, 0.4) is 0 Å². The summed E-state index contributed by atoms with van der Waals surface area (Å²) in [6.45, 7) is 4.64. The average Bonchev–Trinajstić information content (AvgIpc) is 2.61. The zero-order chi connectivity index (χ0) is 18.7. The van der Waals surface area contributed by atoms with Crippen LogP contribution in [0, 0.1) is 11.8 Å². The van der Waals surface area contributed by atoms with E-state index in [1.165, 1.54) is 49.1 Å². The molecule has 1 unspecified atom stereocenters. The number of nitrogens with one attached hydrogen (secondary N) is 2. The normalized spacial score (nSPS) is 27.4. The lowest BCUT2D eigenvalue weighted by atomic mass is 9.75. The molecule has 0 bridgehead atoms. The van der Waals surface area contributed by atoms with Crippen molar-refractivity contribution < 1.29 is 18.1 Å². The van der Waals surface area contributed by atoms with Crippen molar-refractivity contribution >= 4 is 15.9 Å². The van der Waals surface area contributed by atoms with Gasteiger partial charge in [-0.2, -0.15) is 0 Å². The number of fused-ring (bicyclic) bond motifs is 1. The van der Waals surface area contributed by atoms with E-state index in [4.69, 9.17) is 5.14 Å². The number of carbonyl (C=O) groups excluding carboxylic acids is 1. The van der Waals surface area contributed by atoms with Crippen LogP contribution in [0.5, 0.6) is 0 Å². The number of rotatable bonds is 5. The maximum absolute atomic E-state index is 12.4. The molecule has 0 aromatic heterocycles. The van der Waals surface area contributed by atoms with Gasteiger partial charge in [-0.25, -0.2) is 13.6 Å². The molecule has 1 aromatic carbocycles. The zero-order valence-corrected chi connectivity index (χ0v) is 16.2. The van der Waals surface area contributed by atoms with E-state index >= 15 is 0 Å². The topological polar surface area (TPSA) is 93.7 Å². The molecular weight excluding hydrogens is 350 g/mol. The number of nitrogens with two attached hydrogens (primary N) is 1. The average molecular weight is 381 g/mol. The lowest BCUT2D eigenvalue weighted by Crippen LogP contribution is -3.15. The van der Waals surface area contributed by atoms with Crippen LogP contribution in [0.15, 0.2) is 29.2 Å². The fraction of sp³-hybridized carbons (Fsp3) is 0.632. The summed E-state index contributed by atoms with van der Waals surface area (Å²) in [7, 11) is -3.69. The number of piperidine rings is 1. The summed E-state index contributed by atoms with van der Waals surface area (Å²) < 4.78 is 22.6. The van der Waals surface area contributed by atoms with Crippen LogP contribution in [-0.4, -0.2) is 34.0 Å². The quantitative estimate of drug-likeness (QED) is 0.698. The third-order valence-electron chi connectivity index (χ3n) is 5.98. The fourth-order valence-corrected chi connectivity index (χ4v) is 5.02. The van der Waals surface area contributed by atoms with Crippen LogP contribution in [-0.2, 0) is 14.8 Å². The fourth-order valence-electron chi connectivity index (χ4n) is 4.51. The van der Waals surface area contributed by atoms with Crippen LogP contribution in [0.1, 0.15) is 50.6 Å². The van der Waals surface area contributed by atoms with E-state index in [1.54, 1.807) is 12.1 Å². The molecule has 7 heteroatoms. The van der Waals surface area contributed by atoms with E-state index in [0.717, 1.165) is 30.5 Å². The summed E-state index contributed by atoms with van der Waals surface area (Å²) in [6, 6.07) is 6.19. The standard InChI is InChI=1S/C19H29N3O3S/c1-14(15-6-8-18(9-7-15)26(20,24)25)21-19(23)13-22-11-10-16-4-2-3-5-17(16)12-22/h6-9,14,16-17H,2-5,10-13H2,1H3,(H,21,23)(H2,20,24,25)/p+1/t14-,16-,17+/m0/s1. The number of hydrogen-bond acceptors (Lipinski definition) is 3. The maximum atomic E-state index is 12.4. The number of carbonyl (C=O) groups is 1. The van der Waals surface area contributed by atoms with E-state index in [9.17, 15) is 13.2 Å². The lowest BCUT2D eigenvalue weighted by molar-refractivity contribution is -0.902. The van der Waals surface area contributed by atoms with E-state index in [2.05, 4.69) is 5.32 Å². The second-order valence-corrected chi connectivity index (χ2v) is 9.44. The van der Waals surface area contributed by atoms with Gasteiger partial charge >= 0.3 is 0 Å². The summed E-state index contributed by atoms with van der Waals surface area (Å²) in [5.41, 5.74) is 0.867. The van der Waals surface area contributed by atoms with Gasteiger partial charge in [0.1, 0.15) is 0 Å². The Morgan fingerprint density at radius 3 is 2.50 bits per heavy atom. The first kappa shape index (κ1) is 19.3. The molecule has 6 nitrogen and oxygen atoms in total. The molecule has 26 heavy (non-hydrogen) atoms. The van der Waals surface area contributed by atoms with Gasteiger partial charge in [0.15, 0.2) is 6.54 Å². The highest BCUT2D eigenvalue weighted by atomic mass is 32.2. The molecule has 1 amide bonds. The molecule has 1 saturated heterocycles. The number of benzene rings is 1. The molecule has 144 valence electrons. The number of hydrogen-bond donors (Lipinski definition) is 3. The monoisotopic (exact) mass is 380 g/mol. The summed E-state index contributed by atoms with van der Waals surface area (Å²) in [5, 5.41) is 8.15. The van der Waals surface area contributed by atoms with Crippen LogP contribution in [0.25, 0.3) is 0 Å². The molecular formula is C19H30N3O3S+. The summed E-state index contributed by atoms with van der Waals surface area (Å²) in [6.07, 6.45) is 6.65. The van der Waals surface area contributed by atoms with E-state index in [-0.39, 0.29) is 16.8 Å². The van der Waals surface area contributed by atoms with Gasteiger partial charge in [0.2, 0.25) is 10.0 Å². The molecule has 1 aliphatic carbocycles. The Balaban J connectivity index is 1.51. The predicted molar refractivity (Wildman–Crippen MR) is 100 cm³/mol. The molecule has 4 N–H and O–H groups in total. The minimum absolute atomic E-state index is 0.0530. The van der Waals surface area contributed by atoms with E-state index < -0.39 is 10.0 Å². The van der Waals surface area contributed by atoms with Crippen molar-refractivity contribution in [3.05, 3.63) is 29.8 Å². The minimum atomic E-state index is -3.69. The SMILES string of the molecule is C[C@H](NC(=O)C[NH+]1CC[C@@H]2CCCC[C@@H]2C1)c1ccc(S(N)(=O)=O)cc1. The van der Waals surface area contributed by atoms with Gasteiger partial charge < -0.3 is 10.2 Å². The Kier molecular flexibility index (Phi) is 5.99. The summed E-state index contributed by atoms with van der Waals surface area (Å²) in [4.78, 5) is 13.9. The molecule has 0 radical (unpaired) electrons. The molecule has 4 atom stereocenters. The van der Waals surface area contributed by atoms with Crippen molar-refractivity contribution in [2.24, 2.45) is 17.0 Å². The molecule has 1 aliphatic heterocycles. The van der Waals surface area contributed by atoms with Gasteiger partial charge in [-0.15, -0.1) is 0 Å².